The van der Waals surface area contributed by atoms with Gasteiger partial charge in [-0.1, -0.05) is 13.8 Å². The Kier molecular flexibility index (Phi) is 4.94. The minimum absolute atomic E-state index is 0.0818. The van der Waals surface area contributed by atoms with Gasteiger partial charge in [0.2, 0.25) is 15.9 Å². The van der Waals surface area contributed by atoms with Gasteiger partial charge in [0, 0.05) is 13.1 Å². The van der Waals surface area contributed by atoms with E-state index in [2.05, 4.69) is 4.72 Å². The van der Waals surface area contributed by atoms with E-state index in [0.29, 0.717) is 6.42 Å². The highest BCUT2D eigenvalue weighted by Crippen LogP contribution is 2.13. The quantitative estimate of drug-likeness (QED) is 0.788. The molecule has 1 amide bonds. The van der Waals surface area contributed by atoms with Gasteiger partial charge in [-0.2, -0.15) is 0 Å². The molecule has 17 heavy (non-hydrogen) atoms. The summed E-state index contributed by atoms with van der Waals surface area (Å²) in [5.74, 6) is 0.197. The summed E-state index contributed by atoms with van der Waals surface area (Å²) in [6, 6.07) is -0.608. The zero-order valence-electron chi connectivity index (χ0n) is 10.8. The summed E-state index contributed by atoms with van der Waals surface area (Å²) >= 11 is 0. The SMILES string of the molecule is CC(C)C[C@@H](NS(C)(=O)=O)C(=O)N1CCCC1. The Morgan fingerprint density at radius 2 is 1.82 bits per heavy atom. The van der Waals surface area contributed by atoms with Crippen molar-refractivity contribution in [2.24, 2.45) is 5.92 Å². The van der Waals surface area contributed by atoms with Crippen molar-refractivity contribution in [1.82, 2.24) is 9.62 Å². The van der Waals surface area contributed by atoms with Crippen LogP contribution >= 0.6 is 0 Å². The maximum absolute atomic E-state index is 12.2. The predicted molar refractivity (Wildman–Crippen MR) is 67.0 cm³/mol. The van der Waals surface area contributed by atoms with Gasteiger partial charge in [0.1, 0.15) is 6.04 Å². The van der Waals surface area contributed by atoms with E-state index in [1.165, 1.54) is 0 Å². The van der Waals surface area contributed by atoms with Crippen LogP contribution in [-0.4, -0.2) is 44.6 Å². The summed E-state index contributed by atoms with van der Waals surface area (Å²) in [4.78, 5) is 13.9. The molecule has 0 aromatic carbocycles. The van der Waals surface area contributed by atoms with Crippen LogP contribution in [0.25, 0.3) is 0 Å². The molecule has 6 heteroatoms. The van der Waals surface area contributed by atoms with Crippen LogP contribution in [0.15, 0.2) is 0 Å². The predicted octanol–water partition coefficient (Wildman–Crippen LogP) is 0.573. The van der Waals surface area contributed by atoms with Crippen molar-refractivity contribution in [1.29, 1.82) is 0 Å². The van der Waals surface area contributed by atoms with Crippen LogP contribution in [0, 0.1) is 5.92 Å². The molecule has 0 bridgehead atoms. The van der Waals surface area contributed by atoms with Gasteiger partial charge in [-0.05, 0) is 25.2 Å². The molecule has 100 valence electrons. The largest absolute Gasteiger partial charge is 0.341 e. The first-order chi connectivity index (χ1) is 7.79. The van der Waals surface area contributed by atoms with Gasteiger partial charge in [0.15, 0.2) is 0 Å². The van der Waals surface area contributed by atoms with Crippen LogP contribution in [0.4, 0.5) is 0 Å². The number of nitrogens with one attached hydrogen (secondary N) is 1. The van der Waals surface area contributed by atoms with Crippen molar-refractivity contribution in [3.05, 3.63) is 0 Å². The van der Waals surface area contributed by atoms with Crippen LogP contribution in [-0.2, 0) is 14.8 Å². The molecule has 0 aromatic heterocycles. The lowest BCUT2D eigenvalue weighted by Gasteiger charge is -2.24. The van der Waals surface area contributed by atoms with Crippen molar-refractivity contribution < 1.29 is 13.2 Å². The van der Waals surface area contributed by atoms with E-state index in [1.54, 1.807) is 4.90 Å². The van der Waals surface area contributed by atoms with Crippen LogP contribution in [0.5, 0.6) is 0 Å². The molecule has 1 N–H and O–H groups in total. The smallest absolute Gasteiger partial charge is 0.240 e. The lowest BCUT2D eigenvalue weighted by Crippen LogP contribution is -2.48. The number of carbonyl (C=O) groups excluding carboxylic acids is 1. The number of rotatable bonds is 5. The molecule has 0 saturated carbocycles. The molecule has 1 heterocycles. The second kappa shape index (κ2) is 5.82. The minimum atomic E-state index is -3.34. The fourth-order valence-electron chi connectivity index (χ4n) is 2.09. The summed E-state index contributed by atoms with van der Waals surface area (Å²) in [7, 11) is -3.34. The van der Waals surface area contributed by atoms with Crippen LogP contribution in [0.3, 0.4) is 0 Å². The molecule has 0 radical (unpaired) electrons. The van der Waals surface area contributed by atoms with Gasteiger partial charge in [0.25, 0.3) is 0 Å². The zero-order chi connectivity index (χ0) is 13.1. The highest BCUT2D eigenvalue weighted by atomic mass is 32.2. The molecule has 0 spiro atoms. The Morgan fingerprint density at radius 1 is 1.29 bits per heavy atom. The van der Waals surface area contributed by atoms with Gasteiger partial charge in [0.05, 0.1) is 6.26 Å². The Hall–Kier alpha value is -0.620. The highest BCUT2D eigenvalue weighted by Gasteiger charge is 2.28. The molecule has 0 unspecified atom stereocenters. The molecule has 1 saturated heterocycles. The van der Waals surface area contributed by atoms with E-state index in [0.717, 1.165) is 32.2 Å². The number of carbonyl (C=O) groups is 1. The van der Waals surface area contributed by atoms with Crippen molar-refractivity contribution in [2.75, 3.05) is 19.3 Å². The monoisotopic (exact) mass is 262 g/mol. The lowest BCUT2D eigenvalue weighted by molar-refractivity contribution is -0.132. The van der Waals surface area contributed by atoms with Gasteiger partial charge < -0.3 is 4.90 Å². The molecule has 1 aliphatic rings. The van der Waals surface area contributed by atoms with Crippen LogP contribution in [0.1, 0.15) is 33.1 Å². The van der Waals surface area contributed by atoms with Gasteiger partial charge in [-0.3, -0.25) is 4.79 Å². The molecule has 1 aliphatic heterocycles. The fourth-order valence-corrected chi connectivity index (χ4v) is 2.80. The average Bonchev–Trinajstić information content (AvgIpc) is 2.65. The summed E-state index contributed by atoms with van der Waals surface area (Å²) < 4.78 is 25.0. The molecule has 1 rings (SSSR count). The normalized spacial score (nSPS) is 18.7. The minimum Gasteiger partial charge on any atom is -0.341 e. The Labute approximate surface area is 104 Å². The Morgan fingerprint density at radius 3 is 2.24 bits per heavy atom. The van der Waals surface area contributed by atoms with Gasteiger partial charge >= 0.3 is 0 Å². The van der Waals surface area contributed by atoms with Crippen molar-refractivity contribution in [3.8, 4) is 0 Å². The third-order valence-electron chi connectivity index (χ3n) is 2.78. The van der Waals surface area contributed by atoms with Crippen molar-refractivity contribution in [3.63, 3.8) is 0 Å². The second-order valence-electron chi connectivity index (χ2n) is 5.10. The lowest BCUT2D eigenvalue weighted by atomic mass is 10.0. The maximum Gasteiger partial charge on any atom is 0.240 e. The number of likely N-dealkylation sites (tertiary alicyclic amines) is 1. The first-order valence-corrected chi connectivity index (χ1v) is 7.95. The molecule has 1 fully saturated rings. The Balaban J connectivity index is 2.70. The topological polar surface area (TPSA) is 66.5 Å². The molecule has 0 aromatic rings. The standard InChI is InChI=1S/C11H22N2O3S/c1-9(2)8-10(12-17(3,15)16)11(14)13-6-4-5-7-13/h9-10,12H,4-8H2,1-3H3/t10-/m1/s1. The van der Waals surface area contributed by atoms with Gasteiger partial charge in [-0.15, -0.1) is 0 Å². The van der Waals surface area contributed by atoms with Crippen molar-refractivity contribution >= 4 is 15.9 Å². The second-order valence-corrected chi connectivity index (χ2v) is 6.88. The fraction of sp³-hybridized carbons (Fsp3) is 0.909. The maximum atomic E-state index is 12.2. The van der Waals surface area contributed by atoms with E-state index < -0.39 is 16.1 Å². The summed E-state index contributed by atoms with van der Waals surface area (Å²) in [6.45, 7) is 5.46. The summed E-state index contributed by atoms with van der Waals surface area (Å²) in [6.07, 6.45) is 3.66. The first kappa shape index (κ1) is 14.4. The zero-order valence-corrected chi connectivity index (χ0v) is 11.6. The molecule has 5 nitrogen and oxygen atoms in total. The van der Waals surface area contributed by atoms with Crippen molar-refractivity contribution in [2.45, 2.75) is 39.2 Å². The molecule has 0 aliphatic carbocycles. The van der Waals surface area contributed by atoms with E-state index in [-0.39, 0.29) is 11.8 Å². The number of amides is 1. The molecular formula is C11H22N2O3S. The van der Waals surface area contributed by atoms with Crippen LogP contribution in [0.2, 0.25) is 0 Å². The highest BCUT2D eigenvalue weighted by molar-refractivity contribution is 7.88. The summed E-state index contributed by atoms with van der Waals surface area (Å²) in [5.41, 5.74) is 0. The third-order valence-corrected chi connectivity index (χ3v) is 3.49. The number of nitrogens with zero attached hydrogens (tertiary/aromatic N) is 1. The third kappa shape index (κ3) is 5.04. The van der Waals surface area contributed by atoms with E-state index in [1.807, 2.05) is 13.8 Å². The van der Waals surface area contributed by atoms with Gasteiger partial charge in [-0.25, -0.2) is 13.1 Å². The first-order valence-electron chi connectivity index (χ1n) is 6.05. The average molecular weight is 262 g/mol. The van der Waals surface area contributed by atoms with Crippen LogP contribution < -0.4 is 4.72 Å². The van der Waals surface area contributed by atoms with E-state index >= 15 is 0 Å². The van der Waals surface area contributed by atoms with E-state index in [4.69, 9.17) is 0 Å². The number of hydrogen-bond acceptors (Lipinski definition) is 3. The Bertz CT molecular complexity index is 359. The molecule has 1 atom stereocenters. The van der Waals surface area contributed by atoms with E-state index in [9.17, 15) is 13.2 Å². The molecular weight excluding hydrogens is 240 g/mol. The summed E-state index contributed by atoms with van der Waals surface area (Å²) in [5, 5.41) is 0. The number of hydrogen-bond donors (Lipinski definition) is 1. The number of sulfonamides is 1.